The van der Waals surface area contributed by atoms with Gasteiger partial charge < -0.3 is 20.3 Å². The van der Waals surface area contributed by atoms with Crippen LogP contribution >= 0.6 is 0 Å². The number of urea groups is 1. The molecule has 0 radical (unpaired) electrons. The first-order valence-corrected chi connectivity index (χ1v) is 8.41. The van der Waals surface area contributed by atoms with Crippen LogP contribution in [-0.2, 0) is 19.1 Å². The van der Waals surface area contributed by atoms with Crippen molar-refractivity contribution < 1.29 is 23.9 Å². The van der Waals surface area contributed by atoms with E-state index in [9.17, 15) is 19.2 Å². The number of benzene rings is 1. The van der Waals surface area contributed by atoms with Crippen LogP contribution in [0.2, 0.25) is 0 Å². The Morgan fingerprint density at radius 1 is 1.08 bits per heavy atom. The van der Waals surface area contributed by atoms with Crippen LogP contribution in [0.3, 0.4) is 0 Å². The van der Waals surface area contributed by atoms with Crippen LogP contribution in [0.25, 0.3) is 0 Å². The van der Waals surface area contributed by atoms with Gasteiger partial charge in [0, 0.05) is 18.8 Å². The number of fused-ring (bicyclic) bond motifs is 1. The summed E-state index contributed by atoms with van der Waals surface area (Å²) in [6.07, 6.45) is 0.802. The van der Waals surface area contributed by atoms with Crippen molar-refractivity contribution in [1.29, 1.82) is 0 Å². The number of carbonyl (C=O) groups excluding carboxylic acids is 4. The number of nitrogens with zero attached hydrogens (tertiary/aromatic N) is 3. The second kappa shape index (κ2) is 5.80. The molecule has 3 heterocycles. The Morgan fingerprint density at radius 2 is 1.77 bits per heavy atom. The average Bonchev–Trinajstić information content (AvgIpc) is 3.16. The summed E-state index contributed by atoms with van der Waals surface area (Å²) in [4.78, 5) is 53.3. The maximum Gasteiger partial charge on any atom is 0.332 e. The molecule has 1 atom stereocenters. The second-order valence-electron chi connectivity index (χ2n) is 6.52. The maximum atomic E-state index is 12.9. The second-order valence-corrected chi connectivity index (χ2v) is 6.52. The maximum absolute atomic E-state index is 12.9. The van der Waals surface area contributed by atoms with Gasteiger partial charge in [0.15, 0.2) is 0 Å². The molecule has 3 fully saturated rings. The SMILES string of the molecule is NC(=O)[C@]12CCCN1C(=O)N(c1ccc(N3CCOCC3=O)cc1)C2=O. The number of nitrogens with two attached hydrogens (primary N) is 1. The largest absolute Gasteiger partial charge is 0.370 e. The number of imide groups is 1. The van der Waals surface area contributed by atoms with E-state index in [1.165, 1.54) is 4.90 Å². The smallest absolute Gasteiger partial charge is 0.332 e. The van der Waals surface area contributed by atoms with Crippen LogP contribution in [0, 0.1) is 0 Å². The van der Waals surface area contributed by atoms with Crippen molar-refractivity contribution >= 4 is 35.1 Å². The van der Waals surface area contributed by atoms with Crippen molar-refractivity contribution in [3.63, 3.8) is 0 Å². The highest BCUT2D eigenvalue weighted by Gasteiger charge is 2.63. The number of hydrogen-bond acceptors (Lipinski definition) is 5. The van der Waals surface area contributed by atoms with Crippen molar-refractivity contribution in [2.24, 2.45) is 5.73 Å². The van der Waals surface area contributed by atoms with E-state index in [1.807, 2.05) is 0 Å². The minimum Gasteiger partial charge on any atom is -0.370 e. The zero-order valence-corrected chi connectivity index (χ0v) is 14.0. The molecule has 0 unspecified atom stereocenters. The van der Waals surface area contributed by atoms with Crippen molar-refractivity contribution in [2.75, 3.05) is 36.1 Å². The Morgan fingerprint density at radius 3 is 2.38 bits per heavy atom. The quantitative estimate of drug-likeness (QED) is 0.596. The van der Waals surface area contributed by atoms with E-state index in [0.717, 1.165) is 4.90 Å². The van der Waals surface area contributed by atoms with Gasteiger partial charge in [-0.25, -0.2) is 9.69 Å². The first kappa shape index (κ1) is 16.5. The van der Waals surface area contributed by atoms with Crippen LogP contribution in [0.4, 0.5) is 16.2 Å². The number of morpholine rings is 1. The fraction of sp³-hybridized carbons (Fsp3) is 0.412. The monoisotopic (exact) mass is 358 g/mol. The van der Waals surface area contributed by atoms with E-state index in [2.05, 4.69) is 0 Å². The van der Waals surface area contributed by atoms with Gasteiger partial charge in [-0.05, 0) is 37.1 Å². The Kier molecular flexibility index (Phi) is 3.69. The van der Waals surface area contributed by atoms with E-state index < -0.39 is 23.4 Å². The fourth-order valence-corrected chi connectivity index (χ4v) is 3.85. The lowest BCUT2D eigenvalue weighted by Crippen LogP contribution is -2.55. The minimum absolute atomic E-state index is 0.0287. The predicted octanol–water partition coefficient (Wildman–Crippen LogP) is -0.164. The standard InChI is InChI=1S/C17H18N4O5/c18-14(23)17-6-1-7-20(17)16(25)21(15(17)24)12-4-2-11(3-5-12)19-8-9-26-10-13(19)22/h2-5H,1,6-10H2,(H2,18,23)/t17-/m0/s1. The lowest BCUT2D eigenvalue weighted by Gasteiger charge is -2.27. The number of ether oxygens (including phenoxy) is 1. The van der Waals surface area contributed by atoms with Gasteiger partial charge in [0.1, 0.15) is 6.61 Å². The van der Waals surface area contributed by atoms with Crippen LogP contribution in [0.5, 0.6) is 0 Å². The molecule has 2 N–H and O–H groups in total. The molecule has 4 rings (SSSR count). The van der Waals surface area contributed by atoms with Gasteiger partial charge in [0.25, 0.3) is 17.7 Å². The lowest BCUT2D eigenvalue weighted by molar-refractivity contribution is -0.136. The van der Waals surface area contributed by atoms with E-state index >= 15 is 0 Å². The molecule has 26 heavy (non-hydrogen) atoms. The van der Waals surface area contributed by atoms with Crippen molar-refractivity contribution in [3.8, 4) is 0 Å². The van der Waals surface area contributed by atoms with Crippen molar-refractivity contribution in [3.05, 3.63) is 24.3 Å². The summed E-state index contributed by atoms with van der Waals surface area (Å²) in [6, 6.07) is 5.97. The van der Waals surface area contributed by atoms with Crippen molar-refractivity contribution in [2.45, 2.75) is 18.4 Å². The molecule has 3 aliphatic rings. The molecule has 3 saturated heterocycles. The summed E-state index contributed by atoms with van der Waals surface area (Å²) in [5.74, 6) is -1.56. The third kappa shape index (κ3) is 2.13. The molecule has 0 saturated carbocycles. The van der Waals surface area contributed by atoms with Crippen LogP contribution < -0.4 is 15.5 Å². The molecule has 3 aliphatic heterocycles. The van der Waals surface area contributed by atoms with E-state index in [1.54, 1.807) is 29.2 Å². The Hall–Kier alpha value is -2.94. The molecular weight excluding hydrogens is 340 g/mol. The predicted molar refractivity (Wildman–Crippen MR) is 90.4 cm³/mol. The highest BCUT2D eigenvalue weighted by molar-refractivity contribution is 6.31. The Balaban J connectivity index is 1.64. The third-order valence-electron chi connectivity index (χ3n) is 5.17. The summed E-state index contributed by atoms with van der Waals surface area (Å²) in [5.41, 5.74) is 4.90. The molecule has 0 bridgehead atoms. The first-order valence-electron chi connectivity index (χ1n) is 8.41. The minimum atomic E-state index is -1.57. The molecule has 1 aromatic rings. The molecule has 0 aromatic heterocycles. The zero-order valence-electron chi connectivity index (χ0n) is 14.0. The van der Waals surface area contributed by atoms with Gasteiger partial charge in [-0.2, -0.15) is 0 Å². The van der Waals surface area contributed by atoms with Gasteiger partial charge in [-0.15, -0.1) is 0 Å². The number of primary amides is 1. The number of carbonyl (C=O) groups is 4. The number of rotatable bonds is 3. The van der Waals surface area contributed by atoms with E-state index in [4.69, 9.17) is 10.5 Å². The third-order valence-corrected chi connectivity index (χ3v) is 5.17. The van der Waals surface area contributed by atoms with Crippen LogP contribution in [0.1, 0.15) is 12.8 Å². The summed E-state index contributed by atoms with van der Waals surface area (Å²) in [5, 5.41) is 0. The highest BCUT2D eigenvalue weighted by atomic mass is 16.5. The number of amides is 5. The van der Waals surface area contributed by atoms with Gasteiger partial charge in [-0.1, -0.05) is 0 Å². The van der Waals surface area contributed by atoms with Gasteiger partial charge in [-0.3, -0.25) is 14.4 Å². The Bertz CT molecular complexity index is 808. The summed E-state index contributed by atoms with van der Waals surface area (Å²) >= 11 is 0. The molecular formula is C17H18N4O5. The topological polar surface area (TPSA) is 113 Å². The fourth-order valence-electron chi connectivity index (χ4n) is 3.85. The molecule has 9 nitrogen and oxygen atoms in total. The molecule has 5 amide bonds. The molecule has 9 heteroatoms. The lowest BCUT2D eigenvalue weighted by atomic mass is 9.95. The summed E-state index contributed by atoms with van der Waals surface area (Å²) in [6.45, 7) is 1.25. The van der Waals surface area contributed by atoms with Gasteiger partial charge in [0.05, 0.1) is 12.3 Å². The van der Waals surface area contributed by atoms with Crippen molar-refractivity contribution in [1.82, 2.24) is 4.90 Å². The number of hydrogen-bond donors (Lipinski definition) is 1. The summed E-state index contributed by atoms with van der Waals surface area (Å²) in [7, 11) is 0. The molecule has 0 spiro atoms. The zero-order chi connectivity index (χ0) is 18.5. The Labute approximate surface area is 149 Å². The molecule has 0 aliphatic carbocycles. The van der Waals surface area contributed by atoms with E-state index in [0.29, 0.717) is 37.5 Å². The van der Waals surface area contributed by atoms with Gasteiger partial charge in [0.2, 0.25) is 5.54 Å². The summed E-state index contributed by atoms with van der Waals surface area (Å²) < 4.78 is 5.10. The number of anilines is 2. The normalized spacial score (nSPS) is 25.8. The van der Waals surface area contributed by atoms with E-state index in [-0.39, 0.29) is 18.9 Å². The van der Waals surface area contributed by atoms with Crippen LogP contribution in [-0.4, -0.2) is 60.5 Å². The van der Waals surface area contributed by atoms with Gasteiger partial charge >= 0.3 is 6.03 Å². The first-order chi connectivity index (χ1) is 12.5. The van der Waals surface area contributed by atoms with Crippen LogP contribution in [0.15, 0.2) is 24.3 Å². The molecule has 136 valence electrons. The highest BCUT2D eigenvalue weighted by Crippen LogP contribution is 2.40. The molecule has 1 aromatic carbocycles. The average molecular weight is 358 g/mol.